The Kier molecular flexibility index (Phi) is 31.5. The molecule has 0 heterocycles. The molecule has 244 valence electrons. The number of esters is 1. The fourth-order valence-corrected chi connectivity index (χ4v) is 4.07. The van der Waals surface area contributed by atoms with Gasteiger partial charge in [-0.2, -0.15) is 0 Å². The highest BCUT2D eigenvalue weighted by Crippen LogP contribution is 2.12. The molecular weight excluding hydrogens is 544 g/mol. The van der Waals surface area contributed by atoms with E-state index in [0.29, 0.717) is 19.3 Å². The number of rotatable bonds is 28. The molecule has 1 atom stereocenters. The van der Waals surface area contributed by atoms with Gasteiger partial charge in [-0.05, 0) is 96.0 Å². The molecular formula is C40H60O4. The molecule has 0 amide bonds. The molecule has 0 aromatic rings. The van der Waals surface area contributed by atoms with Crippen LogP contribution in [0.15, 0.2) is 109 Å². The van der Waals surface area contributed by atoms with Gasteiger partial charge in [0.25, 0.3) is 0 Å². The Morgan fingerprint density at radius 2 is 0.955 bits per heavy atom. The molecule has 1 unspecified atom stereocenters. The third kappa shape index (κ3) is 33.1. The summed E-state index contributed by atoms with van der Waals surface area (Å²) in [5, 5.41) is 8.84. The second kappa shape index (κ2) is 34.1. The summed E-state index contributed by atoms with van der Waals surface area (Å²) in [7, 11) is 0. The van der Waals surface area contributed by atoms with Crippen molar-refractivity contribution in [1.82, 2.24) is 0 Å². The molecule has 0 aromatic carbocycles. The van der Waals surface area contributed by atoms with Crippen molar-refractivity contribution in [2.45, 2.75) is 129 Å². The lowest BCUT2D eigenvalue weighted by Gasteiger charge is -2.14. The number of carbonyl (C=O) groups is 2. The molecule has 0 rings (SSSR count). The molecule has 0 aliphatic rings. The summed E-state index contributed by atoms with van der Waals surface area (Å²) in [5.41, 5.74) is 0. The Balaban J connectivity index is 4.30. The SMILES string of the molecule is CC/C=C\C/C=C\C/C=C\C/C=C\C/C=C\CCCC(=O)OC(/C=C\C/C=C\C/C=C\C/C=C\CC)CCCCCC(=O)O. The standard InChI is InChI=1S/C40H60O4/c1-3-5-7-9-11-13-15-16-17-18-19-20-22-24-26-28-33-37-40(43)44-38(35-31-29-32-36-39(41)42)34-30-27-25-23-21-14-12-10-8-6-4-2/h5-8,11-14,16-17,19-20,23-26,30,34,38H,3-4,9-10,15,18,21-22,27-29,31-33,35-37H2,1-2H3,(H,41,42)/b7-5-,8-6-,13-11-,14-12-,17-16-,20-19-,25-23-,26-24-,34-30-. The van der Waals surface area contributed by atoms with E-state index in [0.717, 1.165) is 83.5 Å². The minimum Gasteiger partial charge on any atom is -0.481 e. The van der Waals surface area contributed by atoms with E-state index in [1.807, 2.05) is 6.08 Å². The lowest BCUT2D eigenvalue weighted by Crippen LogP contribution is -2.16. The van der Waals surface area contributed by atoms with E-state index in [1.54, 1.807) is 0 Å². The summed E-state index contributed by atoms with van der Waals surface area (Å²) in [5.74, 6) is -0.935. The van der Waals surface area contributed by atoms with Crippen LogP contribution in [0.1, 0.15) is 123 Å². The topological polar surface area (TPSA) is 63.6 Å². The van der Waals surface area contributed by atoms with E-state index in [-0.39, 0.29) is 18.5 Å². The zero-order valence-electron chi connectivity index (χ0n) is 27.7. The number of carbonyl (C=O) groups excluding carboxylic acids is 1. The Hall–Kier alpha value is -3.40. The van der Waals surface area contributed by atoms with Gasteiger partial charge in [0, 0.05) is 12.8 Å². The Labute approximate surface area is 269 Å². The normalized spacial score (nSPS) is 13.7. The van der Waals surface area contributed by atoms with Crippen LogP contribution < -0.4 is 0 Å². The molecule has 0 bridgehead atoms. The van der Waals surface area contributed by atoms with Crippen molar-refractivity contribution in [3.8, 4) is 0 Å². The number of ether oxygens (including phenoxy) is 1. The van der Waals surface area contributed by atoms with E-state index >= 15 is 0 Å². The highest BCUT2D eigenvalue weighted by molar-refractivity contribution is 5.69. The fourth-order valence-electron chi connectivity index (χ4n) is 4.07. The first-order chi connectivity index (χ1) is 21.6. The van der Waals surface area contributed by atoms with Crippen LogP contribution in [0, 0.1) is 0 Å². The number of hydrogen-bond donors (Lipinski definition) is 1. The van der Waals surface area contributed by atoms with Crippen molar-refractivity contribution in [2.75, 3.05) is 0 Å². The molecule has 0 aromatic heterocycles. The molecule has 44 heavy (non-hydrogen) atoms. The third-order valence-electron chi connectivity index (χ3n) is 6.47. The van der Waals surface area contributed by atoms with Crippen LogP contribution in [0.2, 0.25) is 0 Å². The average molecular weight is 605 g/mol. The predicted octanol–water partition coefficient (Wildman–Crippen LogP) is 11.7. The Bertz CT molecular complexity index is 956. The van der Waals surface area contributed by atoms with E-state index in [9.17, 15) is 9.59 Å². The van der Waals surface area contributed by atoms with E-state index in [4.69, 9.17) is 9.84 Å². The number of carboxylic acid groups (broad SMARTS) is 1. The molecule has 0 aliphatic carbocycles. The van der Waals surface area contributed by atoms with Gasteiger partial charge in [-0.25, -0.2) is 0 Å². The number of carboxylic acids is 1. The Morgan fingerprint density at radius 1 is 0.523 bits per heavy atom. The summed E-state index contributed by atoms with van der Waals surface area (Å²) < 4.78 is 5.77. The fraction of sp³-hybridized carbons (Fsp3) is 0.500. The van der Waals surface area contributed by atoms with Crippen LogP contribution in [-0.2, 0) is 14.3 Å². The molecule has 0 aliphatic heterocycles. The molecule has 0 saturated heterocycles. The van der Waals surface area contributed by atoms with Crippen LogP contribution in [0.25, 0.3) is 0 Å². The van der Waals surface area contributed by atoms with Crippen molar-refractivity contribution in [2.24, 2.45) is 0 Å². The van der Waals surface area contributed by atoms with E-state index in [2.05, 4.69) is 117 Å². The zero-order chi connectivity index (χ0) is 32.2. The third-order valence-corrected chi connectivity index (χ3v) is 6.47. The molecule has 0 saturated carbocycles. The van der Waals surface area contributed by atoms with Crippen molar-refractivity contribution in [1.29, 1.82) is 0 Å². The maximum Gasteiger partial charge on any atom is 0.306 e. The first-order valence-electron chi connectivity index (χ1n) is 16.9. The minimum atomic E-state index is -0.764. The monoisotopic (exact) mass is 604 g/mol. The lowest BCUT2D eigenvalue weighted by atomic mass is 10.1. The number of allylic oxidation sites excluding steroid dienone is 17. The van der Waals surface area contributed by atoms with Crippen LogP contribution >= 0.6 is 0 Å². The van der Waals surface area contributed by atoms with Crippen LogP contribution in [0.4, 0.5) is 0 Å². The Morgan fingerprint density at radius 3 is 1.41 bits per heavy atom. The maximum atomic E-state index is 12.5. The highest BCUT2D eigenvalue weighted by atomic mass is 16.5. The zero-order valence-corrected chi connectivity index (χ0v) is 27.7. The summed E-state index contributed by atoms with van der Waals surface area (Å²) in [6, 6.07) is 0. The van der Waals surface area contributed by atoms with Gasteiger partial charge in [0.05, 0.1) is 0 Å². The van der Waals surface area contributed by atoms with E-state index in [1.165, 1.54) is 0 Å². The second-order valence-corrected chi connectivity index (χ2v) is 10.6. The number of aliphatic carboxylic acids is 1. The molecule has 1 N–H and O–H groups in total. The van der Waals surface area contributed by atoms with Crippen molar-refractivity contribution < 1.29 is 19.4 Å². The predicted molar refractivity (Wildman–Crippen MR) is 190 cm³/mol. The summed E-state index contributed by atoms with van der Waals surface area (Å²) in [6.45, 7) is 4.28. The van der Waals surface area contributed by atoms with Gasteiger partial charge in [-0.15, -0.1) is 0 Å². The first-order valence-corrected chi connectivity index (χ1v) is 16.9. The molecule has 0 spiro atoms. The first kappa shape index (κ1) is 40.6. The maximum absolute atomic E-state index is 12.5. The van der Waals surface area contributed by atoms with E-state index < -0.39 is 5.97 Å². The smallest absolute Gasteiger partial charge is 0.306 e. The molecule has 0 fully saturated rings. The lowest BCUT2D eigenvalue weighted by molar-refractivity contribution is -0.147. The van der Waals surface area contributed by atoms with Crippen LogP contribution in [-0.4, -0.2) is 23.1 Å². The molecule has 0 radical (unpaired) electrons. The van der Waals surface area contributed by atoms with Gasteiger partial charge >= 0.3 is 11.9 Å². The van der Waals surface area contributed by atoms with Gasteiger partial charge in [0.15, 0.2) is 0 Å². The highest BCUT2D eigenvalue weighted by Gasteiger charge is 2.11. The average Bonchev–Trinajstić information content (AvgIpc) is 3.00. The second-order valence-electron chi connectivity index (χ2n) is 10.6. The van der Waals surface area contributed by atoms with Crippen LogP contribution in [0.3, 0.4) is 0 Å². The van der Waals surface area contributed by atoms with Crippen LogP contribution in [0.5, 0.6) is 0 Å². The number of hydrogen-bond acceptors (Lipinski definition) is 3. The number of unbranched alkanes of at least 4 members (excludes halogenated alkanes) is 3. The summed E-state index contributed by atoms with van der Waals surface area (Å²) in [6.07, 6.45) is 52.5. The minimum absolute atomic E-state index is 0.171. The van der Waals surface area contributed by atoms with Gasteiger partial charge in [0.1, 0.15) is 6.10 Å². The molecule has 4 heteroatoms. The quantitative estimate of drug-likeness (QED) is 0.0548. The summed E-state index contributed by atoms with van der Waals surface area (Å²) in [4.78, 5) is 23.2. The van der Waals surface area contributed by atoms with Gasteiger partial charge in [0.2, 0.25) is 0 Å². The van der Waals surface area contributed by atoms with Gasteiger partial charge in [-0.1, -0.05) is 124 Å². The largest absolute Gasteiger partial charge is 0.481 e. The van der Waals surface area contributed by atoms with Crippen molar-refractivity contribution in [3.63, 3.8) is 0 Å². The molecule has 4 nitrogen and oxygen atoms in total. The van der Waals surface area contributed by atoms with Gasteiger partial charge in [-0.3, -0.25) is 9.59 Å². The van der Waals surface area contributed by atoms with Crippen molar-refractivity contribution >= 4 is 11.9 Å². The van der Waals surface area contributed by atoms with Crippen molar-refractivity contribution in [3.05, 3.63) is 109 Å². The van der Waals surface area contributed by atoms with Gasteiger partial charge < -0.3 is 9.84 Å². The summed E-state index contributed by atoms with van der Waals surface area (Å²) >= 11 is 0.